The summed E-state index contributed by atoms with van der Waals surface area (Å²) in [6.07, 6.45) is 7.12. The van der Waals surface area contributed by atoms with Crippen molar-refractivity contribution < 1.29 is 23.8 Å². The molecule has 3 rings (SSSR count). The van der Waals surface area contributed by atoms with Crippen LogP contribution < -0.4 is 9.47 Å². The minimum absolute atomic E-state index is 0.382. The molecule has 0 aromatic heterocycles. The van der Waals surface area contributed by atoms with Crippen LogP contribution in [-0.2, 0) is 16.0 Å². The van der Waals surface area contributed by atoms with E-state index in [-0.39, 0.29) is 5.97 Å². The molecule has 0 bridgehead atoms. The van der Waals surface area contributed by atoms with Gasteiger partial charge in [0.15, 0.2) is 0 Å². The molecule has 3 aromatic rings. The van der Waals surface area contributed by atoms with E-state index in [2.05, 4.69) is 44.7 Å². The Morgan fingerprint density at radius 1 is 0.789 bits per heavy atom. The zero-order valence-corrected chi connectivity index (χ0v) is 22.5. The lowest BCUT2D eigenvalue weighted by atomic mass is 9.97. The van der Waals surface area contributed by atoms with Gasteiger partial charge in [-0.2, -0.15) is 0 Å². The topological polar surface area (TPSA) is 61.8 Å². The summed E-state index contributed by atoms with van der Waals surface area (Å²) in [5.74, 6) is 1.11. The molecule has 38 heavy (non-hydrogen) atoms. The van der Waals surface area contributed by atoms with E-state index >= 15 is 0 Å². The summed E-state index contributed by atoms with van der Waals surface area (Å²) >= 11 is 0. The smallest absolute Gasteiger partial charge is 0.343 e. The van der Waals surface area contributed by atoms with Crippen LogP contribution >= 0.6 is 0 Å². The lowest BCUT2D eigenvalue weighted by molar-refractivity contribution is -0.137. The second-order valence-electron chi connectivity index (χ2n) is 9.49. The van der Waals surface area contributed by atoms with Crippen molar-refractivity contribution in [1.29, 1.82) is 0 Å². The Bertz CT molecular complexity index is 1150. The highest BCUT2D eigenvalue weighted by Crippen LogP contribution is 2.24. The molecule has 5 nitrogen and oxygen atoms in total. The third-order valence-corrected chi connectivity index (χ3v) is 6.44. The van der Waals surface area contributed by atoms with Crippen molar-refractivity contribution in [2.45, 2.75) is 52.4 Å². The Morgan fingerprint density at radius 3 is 1.97 bits per heavy atom. The molecule has 0 saturated heterocycles. The molecule has 5 heteroatoms. The highest BCUT2D eigenvalue weighted by atomic mass is 16.5. The molecule has 0 radical (unpaired) electrons. The fourth-order valence-corrected chi connectivity index (χ4v) is 3.93. The van der Waals surface area contributed by atoms with E-state index in [0.29, 0.717) is 36.2 Å². The Labute approximate surface area is 226 Å². The van der Waals surface area contributed by atoms with E-state index in [1.165, 1.54) is 18.1 Å². The summed E-state index contributed by atoms with van der Waals surface area (Å²) in [6, 6.07) is 23.2. The first-order valence-electron chi connectivity index (χ1n) is 13.4. The Kier molecular flexibility index (Phi) is 11.6. The van der Waals surface area contributed by atoms with Gasteiger partial charge in [-0.25, -0.2) is 9.59 Å². The van der Waals surface area contributed by atoms with Gasteiger partial charge in [0.1, 0.15) is 11.5 Å². The molecule has 0 amide bonds. The van der Waals surface area contributed by atoms with E-state index in [1.54, 1.807) is 24.3 Å². The van der Waals surface area contributed by atoms with Gasteiger partial charge in [-0.05, 0) is 91.1 Å². The quantitative estimate of drug-likeness (QED) is 0.0895. The predicted molar refractivity (Wildman–Crippen MR) is 152 cm³/mol. The van der Waals surface area contributed by atoms with Gasteiger partial charge in [0.25, 0.3) is 0 Å². The van der Waals surface area contributed by atoms with Crippen LogP contribution in [0.5, 0.6) is 11.5 Å². The van der Waals surface area contributed by atoms with Gasteiger partial charge >= 0.3 is 11.9 Å². The molecule has 0 heterocycles. The van der Waals surface area contributed by atoms with Crippen LogP contribution in [0.25, 0.3) is 11.1 Å². The minimum atomic E-state index is -0.407. The fraction of sp³-hybridized carbons (Fsp3) is 0.333. The van der Waals surface area contributed by atoms with Gasteiger partial charge in [0.05, 0.1) is 18.8 Å². The molecule has 3 aromatic carbocycles. The molecular formula is C33H38O5. The van der Waals surface area contributed by atoms with Crippen LogP contribution in [-0.4, -0.2) is 25.2 Å². The first-order valence-corrected chi connectivity index (χ1v) is 13.4. The third kappa shape index (κ3) is 9.55. The van der Waals surface area contributed by atoms with Gasteiger partial charge in [-0.3, -0.25) is 0 Å². The highest BCUT2D eigenvalue weighted by Gasteiger charge is 2.10. The first kappa shape index (κ1) is 28.7. The lowest BCUT2D eigenvalue weighted by Gasteiger charge is -2.10. The van der Waals surface area contributed by atoms with E-state index in [0.717, 1.165) is 43.2 Å². The molecule has 200 valence electrons. The average Bonchev–Trinajstić information content (AvgIpc) is 2.95. The zero-order valence-electron chi connectivity index (χ0n) is 22.5. The number of unbranched alkanes of at least 4 members (excludes halogenated alkanes) is 3. The Morgan fingerprint density at radius 2 is 1.37 bits per heavy atom. The first-order chi connectivity index (χ1) is 18.5. The van der Waals surface area contributed by atoms with Gasteiger partial charge < -0.3 is 14.2 Å². The van der Waals surface area contributed by atoms with Crippen LogP contribution in [0.1, 0.15) is 61.9 Å². The van der Waals surface area contributed by atoms with E-state index in [9.17, 15) is 9.59 Å². The Balaban J connectivity index is 1.40. The molecule has 0 aliphatic rings. The second kappa shape index (κ2) is 15.4. The summed E-state index contributed by atoms with van der Waals surface area (Å²) in [4.78, 5) is 23.5. The normalized spacial score (nSPS) is 11.4. The number of hydrogen-bond donors (Lipinski definition) is 0. The summed E-state index contributed by atoms with van der Waals surface area (Å²) < 4.78 is 16.3. The van der Waals surface area contributed by atoms with Crippen molar-refractivity contribution in [2.24, 2.45) is 5.92 Å². The standard InChI is InChI=1S/C33H38O5/c1-4-25(3)24-26-10-12-27(13-11-26)28-14-20-31(21-15-28)38-33(35)29-16-18-30(19-17-29)36-22-8-6-7-9-23-37-32(34)5-2/h5,10-21,25H,2,4,6-9,22-24H2,1,3H3/t25-/m1/s1. The SMILES string of the molecule is C=CC(=O)OCCCCCCOc1ccc(C(=O)Oc2ccc(-c3ccc(C[C@H](C)CC)cc3)cc2)cc1. The van der Waals surface area contributed by atoms with Crippen molar-refractivity contribution in [2.75, 3.05) is 13.2 Å². The third-order valence-electron chi connectivity index (χ3n) is 6.44. The summed E-state index contributed by atoms with van der Waals surface area (Å²) in [5, 5.41) is 0. The molecule has 0 unspecified atom stereocenters. The van der Waals surface area contributed by atoms with Crippen molar-refractivity contribution in [3.8, 4) is 22.6 Å². The summed E-state index contributed by atoms with van der Waals surface area (Å²) in [6.45, 7) is 8.87. The van der Waals surface area contributed by atoms with Crippen molar-refractivity contribution in [1.82, 2.24) is 0 Å². The van der Waals surface area contributed by atoms with Crippen LogP contribution in [0.4, 0.5) is 0 Å². The number of rotatable bonds is 15. The predicted octanol–water partition coefficient (Wildman–Crippen LogP) is 7.83. The van der Waals surface area contributed by atoms with Crippen molar-refractivity contribution in [3.63, 3.8) is 0 Å². The summed E-state index contributed by atoms with van der Waals surface area (Å²) in [7, 11) is 0. The maximum atomic E-state index is 12.6. The number of hydrogen-bond acceptors (Lipinski definition) is 5. The second-order valence-corrected chi connectivity index (χ2v) is 9.49. The number of carbonyl (C=O) groups is 2. The van der Waals surface area contributed by atoms with Gasteiger partial charge in [0.2, 0.25) is 0 Å². The molecule has 1 atom stereocenters. The molecule has 0 aliphatic heterocycles. The lowest BCUT2D eigenvalue weighted by Crippen LogP contribution is -2.08. The number of ether oxygens (including phenoxy) is 3. The largest absolute Gasteiger partial charge is 0.494 e. The average molecular weight is 515 g/mol. The molecule has 0 saturated carbocycles. The number of benzene rings is 3. The fourth-order valence-electron chi connectivity index (χ4n) is 3.93. The van der Waals surface area contributed by atoms with E-state index < -0.39 is 5.97 Å². The van der Waals surface area contributed by atoms with Crippen LogP contribution in [0.2, 0.25) is 0 Å². The molecular weight excluding hydrogens is 476 g/mol. The number of carbonyl (C=O) groups excluding carboxylic acids is 2. The minimum Gasteiger partial charge on any atom is -0.494 e. The van der Waals surface area contributed by atoms with Crippen LogP contribution in [0.3, 0.4) is 0 Å². The summed E-state index contributed by atoms with van der Waals surface area (Å²) in [5.41, 5.74) is 4.04. The number of esters is 2. The van der Waals surface area contributed by atoms with Gasteiger partial charge in [0, 0.05) is 6.08 Å². The molecule has 0 aliphatic carbocycles. The molecule has 0 N–H and O–H groups in total. The van der Waals surface area contributed by atoms with Gasteiger partial charge in [-0.1, -0.05) is 63.2 Å². The van der Waals surface area contributed by atoms with Crippen molar-refractivity contribution in [3.05, 3.63) is 96.6 Å². The Hall–Kier alpha value is -3.86. The van der Waals surface area contributed by atoms with Gasteiger partial charge in [-0.15, -0.1) is 0 Å². The molecule has 0 spiro atoms. The van der Waals surface area contributed by atoms with E-state index in [1.807, 2.05) is 24.3 Å². The van der Waals surface area contributed by atoms with Crippen LogP contribution in [0, 0.1) is 5.92 Å². The highest BCUT2D eigenvalue weighted by molar-refractivity contribution is 5.91. The van der Waals surface area contributed by atoms with E-state index in [4.69, 9.17) is 14.2 Å². The maximum Gasteiger partial charge on any atom is 0.343 e. The van der Waals surface area contributed by atoms with Crippen molar-refractivity contribution >= 4 is 11.9 Å². The molecule has 0 fully saturated rings. The van der Waals surface area contributed by atoms with Crippen LogP contribution in [0.15, 0.2) is 85.5 Å². The maximum absolute atomic E-state index is 12.6. The monoisotopic (exact) mass is 514 g/mol. The zero-order chi connectivity index (χ0) is 27.2.